The number of carbonyl (C=O) groups is 1. The first-order valence-corrected chi connectivity index (χ1v) is 7.29. The monoisotopic (exact) mass is 316 g/mol. The zero-order chi connectivity index (χ0) is 13.7. The molecule has 1 aliphatic rings. The minimum Gasteiger partial charge on any atom is -0.356 e. The Labute approximate surface area is 131 Å². The van der Waals surface area contributed by atoms with Gasteiger partial charge in [-0.1, -0.05) is 29.8 Å². The molecule has 0 aliphatic carbocycles. The van der Waals surface area contributed by atoms with Gasteiger partial charge in [0.1, 0.15) is 0 Å². The maximum atomic E-state index is 12.0. The van der Waals surface area contributed by atoms with Crippen LogP contribution in [0.3, 0.4) is 0 Å². The molecular weight excluding hydrogens is 295 g/mol. The van der Waals surface area contributed by atoms with Crippen molar-refractivity contribution in [2.24, 2.45) is 5.92 Å². The predicted octanol–water partition coefficient (Wildman–Crippen LogP) is 2.81. The Kier molecular flexibility index (Phi) is 7.35. The molecule has 1 aromatic carbocycles. The molecule has 2 atom stereocenters. The van der Waals surface area contributed by atoms with Crippen LogP contribution in [0.5, 0.6) is 0 Å². The third kappa shape index (κ3) is 4.97. The molecule has 1 amide bonds. The summed E-state index contributed by atoms with van der Waals surface area (Å²) >= 11 is 6.09. The van der Waals surface area contributed by atoms with Crippen LogP contribution in [0, 0.1) is 5.92 Å². The fraction of sp³-hybridized carbons (Fsp3) is 0.533. The van der Waals surface area contributed by atoms with Gasteiger partial charge in [0.2, 0.25) is 5.91 Å². The Hall–Kier alpha value is -0.770. The number of piperidine rings is 1. The average molecular weight is 317 g/mol. The summed E-state index contributed by atoms with van der Waals surface area (Å²) in [5, 5.41) is 7.15. The minimum absolute atomic E-state index is 0. The molecule has 1 fully saturated rings. The van der Waals surface area contributed by atoms with Crippen molar-refractivity contribution in [1.82, 2.24) is 10.6 Å². The molecule has 112 valence electrons. The van der Waals surface area contributed by atoms with E-state index in [-0.39, 0.29) is 24.2 Å². The van der Waals surface area contributed by atoms with Gasteiger partial charge in [-0.3, -0.25) is 4.79 Å². The zero-order valence-corrected chi connectivity index (χ0v) is 13.3. The lowest BCUT2D eigenvalue weighted by atomic mass is 9.92. The summed E-state index contributed by atoms with van der Waals surface area (Å²) in [7, 11) is 0. The van der Waals surface area contributed by atoms with Crippen molar-refractivity contribution in [2.45, 2.75) is 32.2 Å². The van der Waals surface area contributed by atoms with Gasteiger partial charge in [0, 0.05) is 23.5 Å². The first kappa shape index (κ1) is 17.3. The maximum Gasteiger partial charge on any atom is 0.223 e. The number of nitrogens with one attached hydrogen (secondary N) is 2. The van der Waals surface area contributed by atoms with Crippen LogP contribution in [0.25, 0.3) is 0 Å². The zero-order valence-electron chi connectivity index (χ0n) is 11.7. The Balaban J connectivity index is 0.00000200. The van der Waals surface area contributed by atoms with E-state index in [1.165, 1.54) is 0 Å². The van der Waals surface area contributed by atoms with Gasteiger partial charge in [0.05, 0.1) is 0 Å². The summed E-state index contributed by atoms with van der Waals surface area (Å²) in [5.74, 6) is 0.336. The van der Waals surface area contributed by atoms with Crippen molar-refractivity contribution in [3.8, 4) is 0 Å². The lowest BCUT2D eigenvalue weighted by Gasteiger charge is -2.27. The minimum atomic E-state index is 0. The fourth-order valence-corrected chi connectivity index (χ4v) is 2.77. The first-order valence-electron chi connectivity index (χ1n) is 6.91. The van der Waals surface area contributed by atoms with Crippen molar-refractivity contribution < 1.29 is 4.79 Å². The second kappa shape index (κ2) is 8.50. The van der Waals surface area contributed by atoms with E-state index in [9.17, 15) is 4.79 Å². The van der Waals surface area contributed by atoms with Gasteiger partial charge in [-0.05, 0) is 44.4 Å². The van der Waals surface area contributed by atoms with Gasteiger partial charge < -0.3 is 10.6 Å². The first-order chi connectivity index (χ1) is 9.16. The van der Waals surface area contributed by atoms with Gasteiger partial charge in [-0.25, -0.2) is 0 Å². The van der Waals surface area contributed by atoms with Crippen LogP contribution in [-0.4, -0.2) is 25.0 Å². The van der Waals surface area contributed by atoms with Crippen molar-refractivity contribution in [1.29, 1.82) is 0 Å². The smallest absolute Gasteiger partial charge is 0.223 e. The summed E-state index contributed by atoms with van der Waals surface area (Å²) < 4.78 is 0. The standard InChI is InChI=1S/C15H21ClN2O.ClH/c1-11-10-13(7-8-17-11)15(19)18-9-6-12-4-2-3-5-14(12)16;/h2-5,11,13,17H,6-10H2,1H3,(H,18,19);1H/t11-,13-;/m0./s1. The number of carbonyl (C=O) groups excluding carboxylic acids is 1. The molecule has 1 heterocycles. The third-order valence-corrected chi connectivity index (χ3v) is 4.01. The normalized spacial score (nSPS) is 21.9. The molecule has 0 unspecified atom stereocenters. The van der Waals surface area contributed by atoms with Crippen LogP contribution in [-0.2, 0) is 11.2 Å². The van der Waals surface area contributed by atoms with E-state index in [1.807, 2.05) is 24.3 Å². The highest BCUT2D eigenvalue weighted by molar-refractivity contribution is 6.31. The van der Waals surface area contributed by atoms with E-state index in [2.05, 4.69) is 17.6 Å². The van der Waals surface area contributed by atoms with E-state index in [4.69, 9.17) is 11.6 Å². The Bertz CT molecular complexity index is 440. The molecule has 2 N–H and O–H groups in total. The van der Waals surface area contributed by atoms with Gasteiger partial charge in [0.15, 0.2) is 0 Å². The van der Waals surface area contributed by atoms with Crippen molar-refractivity contribution in [3.63, 3.8) is 0 Å². The molecule has 0 radical (unpaired) electrons. The van der Waals surface area contributed by atoms with Crippen LogP contribution in [0.1, 0.15) is 25.3 Å². The molecule has 20 heavy (non-hydrogen) atoms. The molecule has 0 bridgehead atoms. The quantitative estimate of drug-likeness (QED) is 0.896. The number of rotatable bonds is 4. The molecule has 0 spiro atoms. The van der Waals surface area contributed by atoms with E-state index in [0.29, 0.717) is 12.6 Å². The second-order valence-corrected chi connectivity index (χ2v) is 5.62. The summed E-state index contributed by atoms with van der Waals surface area (Å²) in [4.78, 5) is 12.0. The largest absolute Gasteiger partial charge is 0.356 e. The molecule has 0 saturated carbocycles. The molecule has 2 rings (SSSR count). The molecule has 5 heteroatoms. The van der Waals surface area contributed by atoms with Crippen LogP contribution in [0.15, 0.2) is 24.3 Å². The highest BCUT2D eigenvalue weighted by Gasteiger charge is 2.24. The Morgan fingerprint density at radius 3 is 2.90 bits per heavy atom. The van der Waals surface area contributed by atoms with Gasteiger partial charge in [-0.15, -0.1) is 12.4 Å². The molecule has 3 nitrogen and oxygen atoms in total. The average Bonchev–Trinajstić information content (AvgIpc) is 2.41. The lowest BCUT2D eigenvalue weighted by molar-refractivity contribution is -0.126. The molecule has 1 aliphatic heterocycles. The Morgan fingerprint density at radius 1 is 1.45 bits per heavy atom. The number of benzene rings is 1. The van der Waals surface area contributed by atoms with Crippen LogP contribution in [0.4, 0.5) is 0 Å². The van der Waals surface area contributed by atoms with E-state index >= 15 is 0 Å². The van der Waals surface area contributed by atoms with Crippen molar-refractivity contribution in [3.05, 3.63) is 34.9 Å². The summed E-state index contributed by atoms with van der Waals surface area (Å²) in [5.41, 5.74) is 1.09. The van der Waals surface area contributed by atoms with Crippen molar-refractivity contribution >= 4 is 29.9 Å². The van der Waals surface area contributed by atoms with Gasteiger partial charge in [0.25, 0.3) is 0 Å². The SMILES string of the molecule is C[C@H]1C[C@@H](C(=O)NCCc2ccccc2Cl)CCN1.Cl. The summed E-state index contributed by atoms with van der Waals surface area (Å²) in [6, 6.07) is 8.21. The molecule has 0 aromatic heterocycles. The number of hydrogen-bond donors (Lipinski definition) is 2. The Morgan fingerprint density at radius 2 is 2.20 bits per heavy atom. The molecule has 1 saturated heterocycles. The van der Waals surface area contributed by atoms with Crippen LogP contribution < -0.4 is 10.6 Å². The van der Waals surface area contributed by atoms with Crippen LogP contribution >= 0.6 is 24.0 Å². The highest BCUT2D eigenvalue weighted by Crippen LogP contribution is 2.17. The van der Waals surface area contributed by atoms with Gasteiger partial charge in [-0.2, -0.15) is 0 Å². The molecular formula is C15H22Cl2N2O. The van der Waals surface area contributed by atoms with E-state index in [1.54, 1.807) is 0 Å². The number of amides is 1. The predicted molar refractivity (Wildman–Crippen MR) is 85.6 cm³/mol. The van der Waals surface area contributed by atoms with Gasteiger partial charge >= 0.3 is 0 Å². The van der Waals surface area contributed by atoms with Crippen LogP contribution in [0.2, 0.25) is 5.02 Å². The third-order valence-electron chi connectivity index (χ3n) is 3.65. The highest BCUT2D eigenvalue weighted by atomic mass is 35.5. The number of halogens is 2. The number of hydrogen-bond acceptors (Lipinski definition) is 2. The fourth-order valence-electron chi connectivity index (χ4n) is 2.54. The van der Waals surface area contributed by atoms with E-state index in [0.717, 1.165) is 36.4 Å². The topological polar surface area (TPSA) is 41.1 Å². The maximum absolute atomic E-state index is 12.0. The van der Waals surface area contributed by atoms with E-state index < -0.39 is 0 Å². The lowest BCUT2D eigenvalue weighted by Crippen LogP contribution is -2.42. The summed E-state index contributed by atoms with van der Waals surface area (Å²) in [6.45, 7) is 3.72. The van der Waals surface area contributed by atoms with Crippen molar-refractivity contribution in [2.75, 3.05) is 13.1 Å². The summed E-state index contributed by atoms with van der Waals surface area (Å²) in [6.07, 6.45) is 2.64. The molecule has 1 aromatic rings. The second-order valence-electron chi connectivity index (χ2n) is 5.21.